The topological polar surface area (TPSA) is 35.2 Å². The van der Waals surface area contributed by atoms with Gasteiger partial charge in [0, 0.05) is 12.3 Å². The fourth-order valence-electron chi connectivity index (χ4n) is 10.6. The van der Waals surface area contributed by atoms with Crippen molar-refractivity contribution in [3.8, 4) is 0 Å². The summed E-state index contributed by atoms with van der Waals surface area (Å²) in [6.07, 6.45) is 49.2. The third kappa shape index (κ3) is 26.8. The average Bonchev–Trinajstić information content (AvgIpc) is 3.60. The van der Waals surface area contributed by atoms with Gasteiger partial charge in [0.25, 0.3) is 0 Å². The van der Waals surface area contributed by atoms with Gasteiger partial charge in [-0.3, -0.25) is 0 Å². The van der Waals surface area contributed by atoms with Crippen LogP contribution in [-0.2, 0) is 4.74 Å². The molecule has 2 N–H and O–H groups in total. The molecule has 1 aliphatic carbocycles. The van der Waals surface area contributed by atoms with Crippen LogP contribution < -0.4 is 5.73 Å². The highest BCUT2D eigenvalue weighted by molar-refractivity contribution is 5.15. The summed E-state index contributed by atoms with van der Waals surface area (Å²) in [7, 11) is 0. The van der Waals surface area contributed by atoms with Gasteiger partial charge < -0.3 is 10.5 Å². The first-order valence-corrected chi connectivity index (χ1v) is 26.8. The Morgan fingerprint density at radius 1 is 0.617 bits per heavy atom. The van der Waals surface area contributed by atoms with E-state index in [4.69, 9.17) is 23.6 Å². The molecule has 0 aromatic carbocycles. The maximum atomic E-state index is 6.53. The Labute approximate surface area is 378 Å². The highest BCUT2D eigenvalue weighted by Gasteiger charge is 2.37. The van der Waals surface area contributed by atoms with Crippen LogP contribution in [0.5, 0.6) is 0 Å². The van der Waals surface area contributed by atoms with E-state index in [1.807, 2.05) is 5.57 Å². The first-order valence-electron chi connectivity index (χ1n) is 26.8. The molecule has 1 saturated carbocycles. The van der Waals surface area contributed by atoms with Gasteiger partial charge in [-0.2, -0.15) is 0 Å². The minimum atomic E-state index is 0.269. The molecule has 2 nitrogen and oxygen atoms in total. The Morgan fingerprint density at radius 2 is 1.12 bits per heavy atom. The molecule has 2 heteroatoms. The summed E-state index contributed by atoms with van der Waals surface area (Å²) in [5.41, 5.74) is 12.3. The molecule has 1 rings (SSSR count). The molecular weight excluding hydrogens is 727 g/mol. The van der Waals surface area contributed by atoms with Crippen LogP contribution in [0.4, 0.5) is 0 Å². The average molecular weight is 834 g/mol. The van der Waals surface area contributed by atoms with Crippen molar-refractivity contribution in [3.63, 3.8) is 0 Å². The summed E-state index contributed by atoms with van der Waals surface area (Å²) in [6.45, 7) is 31.1. The van der Waals surface area contributed by atoms with Crippen molar-refractivity contribution in [1.29, 1.82) is 0 Å². The molecule has 0 heterocycles. The van der Waals surface area contributed by atoms with E-state index in [1.165, 1.54) is 185 Å². The number of hydrogen-bond acceptors (Lipinski definition) is 2. The van der Waals surface area contributed by atoms with Crippen LogP contribution in [0.25, 0.3) is 0 Å². The van der Waals surface area contributed by atoms with Gasteiger partial charge in [-0.25, -0.2) is 0 Å². The second-order valence-corrected chi connectivity index (χ2v) is 20.0. The standard InChI is InChI=1S/C58H107NO/c1-11-16-21-24-26-30-35-53(34-28-19-14-4)50(9)47-52(41-43-56(48(6)7)54(36-29-23-18-13-3)37-31-27-25-22-17-12-2)40-39-49(8)46-55-42-44-58(57(55)38-20-15-5)60-51(10)33-32-45-59/h15,20,52-55,57-58H,8-14,16-19,21-47,59H2,1-7H3/b20-15-. The van der Waals surface area contributed by atoms with Crippen LogP contribution in [0.1, 0.15) is 267 Å². The summed E-state index contributed by atoms with van der Waals surface area (Å²) in [4.78, 5) is 0. The van der Waals surface area contributed by atoms with Crippen molar-refractivity contribution in [2.45, 2.75) is 273 Å². The van der Waals surface area contributed by atoms with Gasteiger partial charge in [0.2, 0.25) is 0 Å². The molecule has 0 saturated heterocycles. The minimum absolute atomic E-state index is 0.269. The van der Waals surface area contributed by atoms with Gasteiger partial charge in [0.05, 0.1) is 5.76 Å². The largest absolute Gasteiger partial charge is 0.495 e. The fraction of sp³-hybridized carbons (Fsp3) is 0.828. The minimum Gasteiger partial charge on any atom is -0.495 e. The molecule has 0 amide bonds. The van der Waals surface area contributed by atoms with E-state index in [1.54, 1.807) is 11.1 Å². The molecule has 0 bridgehead atoms. The van der Waals surface area contributed by atoms with E-state index in [-0.39, 0.29) is 6.10 Å². The SMILES string of the molecule is C=C(CCC(CCC(=C(C)C)C(CCCCCC)CCCCCCCC)CC(=C)C(CCCCC)CCCCCCCC)CC1CCC(OC(=C)CCCN)C1C/C=C\C. The highest BCUT2D eigenvalue weighted by atomic mass is 16.5. The maximum absolute atomic E-state index is 6.53. The van der Waals surface area contributed by atoms with Crippen LogP contribution in [0.15, 0.2) is 59.9 Å². The number of allylic oxidation sites excluding steroid dienone is 7. The smallest absolute Gasteiger partial charge is 0.102 e. The van der Waals surface area contributed by atoms with E-state index in [0.29, 0.717) is 30.2 Å². The predicted molar refractivity (Wildman–Crippen MR) is 272 cm³/mol. The predicted octanol–water partition coefficient (Wildman–Crippen LogP) is 19.3. The van der Waals surface area contributed by atoms with Crippen molar-refractivity contribution in [2.75, 3.05) is 6.54 Å². The first kappa shape index (κ1) is 56.5. The van der Waals surface area contributed by atoms with E-state index in [2.05, 4.69) is 67.2 Å². The van der Waals surface area contributed by atoms with Crippen molar-refractivity contribution >= 4 is 0 Å². The lowest BCUT2D eigenvalue weighted by atomic mass is 9.78. The van der Waals surface area contributed by atoms with Crippen LogP contribution >= 0.6 is 0 Å². The summed E-state index contributed by atoms with van der Waals surface area (Å²) < 4.78 is 6.53. The zero-order chi connectivity index (χ0) is 44.2. The molecule has 6 atom stereocenters. The quantitative estimate of drug-likeness (QED) is 0.0378. The summed E-state index contributed by atoms with van der Waals surface area (Å²) in [5.74, 6) is 4.24. The van der Waals surface area contributed by atoms with E-state index < -0.39 is 0 Å². The third-order valence-corrected chi connectivity index (χ3v) is 14.4. The molecule has 0 spiro atoms. The van der Waals surface area contributed by atoms with Gasteiger partial charge in [0.15, 0.2) is 0 Å². The second kappa shape index (κ2) is 38.0. The van der Waals surface area contributed by atoms with Crippen molar-refractivity contribution in [3.05, 3.63) is 59.9 Å². The highest BCUT2D eigenvalue weighted by Crippen LogP contribution is 2.43. The summed E-state index contributed by atoms with van der Waals surface area (Å²) in [6, 6.07) is 0. The lowest BCUT2D eigenvalue weighted by molar-refractivity contribution is 0.0687. The Morgan fingerprint density at radius 3 is 1.67 bits per heavy atom. The second-order valence-electron chi connectivity index (χ2n) is 20.0. The third-order valence-electron chi connectivity index (χ3n) is 14.4. The monoisotopic (exact) mass is 834 g/mol. The van der Waals surface area contributed by atoms with Crippen molar-refractivity contribution < 1.29 is 4.74 Å². The molecule has 0 aromatic heterocycles. The number of rotatable bonds is 42. The van der Waals surface area contributed by atoms with Gasteiger partial charge in [0.1, 0.15) is 6.10 Å². The van der Waals surface area contributed by atoms with Gasteiger partial charge in [-0.15, -0.1) is 0 Å². The molecule has 1 aliphatic rings. The summed E-state index contributed by atoms with van der Waals surface area (Å²) >= 11 is 0. The summed E-state index contributed by atoms with van der Waals surface area (Å²) in [5, 5.41) is 0. The lowest BCUT2D eigenvalue weighted by Gasteiger charge is -2.28. The molecule has 350 valence electrons. The van der Waals surface area contributed by atoms with Gasteiger partial charge in [-0.1, -0.05) is 204 Å². The lowest BCUT2D eigenvalue weighted by Crippen LogP contribution is -2.22. The Kier molecular flexibility index (Phi) is 35.7. The van der Waals surface area contributed by atoms with Crippen LogP contribution in [0.3, 0.4) is 0 Å². The number of unbranched alkanes of at least 4 members (excludes halogenated alkanes) is 15. The van der Waals surface area contributed by atoms with E-state index in [9.17, 15) is 0 Å². The van der Waals surface area contributed by atoms with Gasteiger partial charge >= 0.3 is 0 Å². The van der Waals surface area contributed by atoms with Crippen molar-refractivity contribution in [1.82, 2.24) is 0 Å². The molecule has 0 aromatic rings. The normalized spacial score (nSPS) is 18.2. The maximum Gasteiger partial charge on any atom is 0.102 e. The Hall–Kier alpha value is -1.54. The van der Waals surface area contributed by atoms with Crippen LogP contribution in [-0.4, -0.2) is 12.6 Å². The Bertz CT molecular complexity index is 1120. The zero-order valence-corrected chi connectivity index (χ0v) is 42.0. The molecule has 6 unspecified atom stereocenters. The molecule has 0 radical (unpaired) electrons. The van der Waals surface area contributed by atoms with Gasteiger partial charge in [-0.05, 0) is 141 Å². The molecular formula is C58H107NO. The fourth-order valence-corrected chi connectivity index (χ4v) is 10.6. The number of hydrogen-bond donors (Lipinski definition) is 1. The Balaban J connectivity index is 3.22. The number of ether oxygens (including phenoxy) is 1. The van der Waals surface area contributed by atoms with Crippen LogP contribution in [0.2, 0.25) is 0 Å². The number of nitrogens with two attached hydrogens (primary N) is 1. The van der Waals surface area contributed by atoms with E-state index >= 15 is 0 Å². The molecule has 0 aliphatic heterocycles. The molecule has 1 fully saturated rings. The van der Waals surface area contributed by atoms with Crippen LogP contribution in [0, 0.1) is 29.6 Å². The van der Waals surface area contributed by atoms with Crippen molar-refractivity contribution in [2.24, 2.45) is 35.3 Å². The first-order chi connectivity index (χ1) is 29.1. The molecule has 60 heavy (non-hydrogen) atoms. The zero-order valence-electron chi connectivity index (χ0n) is 42.0. The van der Waals surface area contributed by atoms with E-state index in [0.717, 1.165) is 50.2 Å².